The maximum atomic E-state index is 10.4. The van der Waals surface area contributed by atoms with E-state index in [0.29, 0.717) is 24.7 Å². The summed E-state index contributed by atoms with van der Waals surface area (Å²) in [5, 5.41) is 22.1. The van der Waals surface area contributed by atoms with Crippen molar-refractivity contribution in [3.8, 4) is 17.4 Å². The van der Waals surface area contributed by atoms with Gasteiger partial charge in [0.05, 0.1) is 31.8 Å². The molecule has 0 amide bonds. The van der Waals surface area contributed by atoms with Crippen LogP contribution in [0.15, 0.2) is 31.0 Å². The predicted octanol–water partition coefficient (Wildman–Crippen LogP) is -0.0528. The molecule has 24 heavy (non-hydrogen) atoms. The predicted molar refractivity (Wildman–Crippen MR) is 83.8 cm³/mol. The van der Waals surface area contributed by atoms with Crippen LogP contribution in [0.3, 0.4) is 0 Å². The fourth-order valence-electron chi connectivity index (χ4n) is 2.42. The van der Waals surface area contributed by atoms with Gasteiger partial charge in [-0.1, -0.05) is 5.21 Å². The summed E-state index contributed by atoms with van der Waals surface area (Å²) in [5.41, 5.74) is 0.425. The lowest BCUT2D eigenvalue weighted by Crippen LogP contribution is -2.36. The summed E-state index contributed by atoms with van der Waals surface area (Å²) in [6.07, 6.45) is 6.11. The molecule has 0 spiro atoms. The van der Waals surface area contributed by atoms with Crippen molar-refractivity contribution >= 4 is 5.82 Å². The second-order valence-electron chi connectivity index (χ2n) is 4.95. The molecule has 0 unspecified atom stereocenters. The fourth-order valence-corrected chi connectivity index (χ4v) is 2.42. The van der Waals surface area contributed by atoms with E-state index in [9.17, 15) is 5.11 Å². The molecule has 1 aliphatic heterocycles. The molecule has 4 rings (SSSR count). The maximum Gasteiger partial charge on any atom is 0.242 e. The number of aromatic hydroxyl groups is 1. The molecule has 1 saturated heterocycles. The van der Waals surface area contributed by atoms with Gasteiger partial charge in [-0.25, -0.2) is 14.6 Å². The van der Waals surface area contributed by atoms with Crippen LogP contribution in [0.4, 0.5) is 5.82 Å². The minimum atomic E-state index is -0.0675. The second kappa shape index (κ2) is 6.60. The Kier molecular flexibility index (Phi) is 4.35. The Bertz CT molecular complexity index is 796. The van der Waals surface area contributed by atoms with E-state index in [-0.39, 0.29) is 12.0 Å². The van der Waals surface area contributed by atoms with Gasteiger partial charge in [-0.05, 0) is 0 Å². The van der Waals surface area contributed by atoms with E-state index < -0.39 is 0 Å². The van der Waals surface area contributed by atoms with E-state index in [2.05, 4.69) is 30.3 Å². The number of nitrogens with zero attached hydrogens (tertiary/aromatic N) is 8. The number of morpholine rings is 1. The molecule has 0 aromatic carbocycles. The van der Waals surface area contributed by atoms with E-state index in [1.807, 2.05) is 0 Å². The fraction of sp³-hybridized carbons (Fsp3) is 0.308. The van der Waals surface area contributed by atoms with Crippen LogP contribution in [-0.4, -0.2) is 66.2 Å². The number of hydrogen-bond acceptors (Lipinski definition) is 9. The van der Waals surface area contributed by atoms with Crippen LogP contribution in [0.25, 0.3) is 11.5 Å². The highest BCUT2D eigenvalue weighted by Crippen LogP contribution is 2.24. The summed E-state index contributed by atoms with van der Waals surface area (Å²) in [6, 6.07) is 1.78. The summed E-state index contributed by atoms with van der Waals surface area (Å²) >= 11 is 0. The lowest BCUT2D eigenvalue weighted by atomic mass is 10.4. The number of hydrogen-bond donors (Lipinski definition) is 2. The summed E-state index contributed by atoms with van der Waals surface area (Å²) in [4.78, 5) is 10.6. The number of aromatic nitrogens is 7. The molecule has 3 aromatic rings. The lowest BCUT2D eigenvalue weighted by Gasteiger charge is -2.27. The zero-order valence-electron chi connectivity index (χ0n) is 12.9. The van der Waals surface area contributed by atoms with Crippen LogP contribution in [0.1, 0.15) is 0 Å². The van der Waals surface area contributed by atoms with Gasteiger partial charge in [-0.15, -0.1) is 5.10 Å². The summed E-state index contributed by atoms with van der Waals surface area (Å²) < 4.78 is 8.11. The normalized spacial score (nSPS) is 14.4. The van der Waals surface area contributed by atoms with Crippen LogP contribution in [0.5, 0.6) is 5.88 Å². The molecule has 3 aromatic heterocycles. The maximum absolute atomic E-state index is 10.4. The lowest BCUT2D eigenvalue weighted by molar-refractivity contribution is 0.122. The Hall–Kier alpha value is -3.05. The Labute approximate surface area is 137 Å². The van der Waals surface area contributed by atoms with Crippen molar-refractivity contribution < 1.29 is 9.84 Å². The highest BCUT2D eigenvalue weighted by molar-refractivity contribution is 5.47. The topological polar surface area (TPSA) is 142 Å². The second-order valence-corrected chi connectivity index (χ2v) is 4.95. The average molecular weight is 331 g/mol. The number of ether oxygens (including phenoxy) is 1. The number of rotatable bonds is 3. The molecule has 4 N–H and O–H groups in total. The van der Waals surface area contributed by atoms with Crippen molar-refractivity contribution in [3.05, 3.63) is 31.0 Å². The van der Waals surface area contributed by atoms with Crippen molar-refractivity contribution in [1.29, 1.82) is 0 Å². The highest BCUT2D eigenvalue weighted by Gasteiger charge is 2.17. The summed E-state index contributed by atoms with van der Waals surface area (Å²) in [7, 11) is 0. The molecule has 0 atom stereocenters. The molecular weight excluding hydrogens is 314 g/mol. The molecule has 4 heterocycles. The van der Waals surface area contributed by atoms with Crippen LogP contribution >= 0.6 is 0 Å². The summed E-state index contributed by atoms with van der Waals surface area (Å²) in [6.45, 7) is 2.88. The minimum absolute atomic E-state index is 0. The zero-order valence-corrected chi connectivity index (χ0v) is 12.9. The molecule has 0 radical (unpaired) electrons. The van der Waals surface area contributed by atoms with Gasteiger partial charge in [0.25, 0.3) is 0 Å². The van der Waals surface area contributed by atoms with Crippen molar-refractivity contribution in [2.45, 2.75) is 0 Å². The molecule has 1 aliphatic rings. The van der Waals surface area contributed by atoms with Crippen LogP contribution in [0, 0.1) is 0 Å². The Morgan fingerprint density at radius 3 is 2.67 bits per heavy atom. The third-order valence-corrected chi connectivity index (χ3v) is 3.58. The first-order valence-electron chi connectivity index (χ1n) is 7.12. The Morgan fingerprint density at radius 1 is 1.12 bits per heavy atom. The van der Waals surface area contributed by atoms with Crippen LogP contribution < -0.4 is 11.1 Å². The molecule has 1 fully saturated rings. The van der Waals surface area contributed by atoms with Crippen molar-refractivity contribution in [1.82, 2.24) is 40.9 Å². The van der Waals surface area contributed by atoms with Crippen LogP contribution in [-0.2, 0) is 4.74 Å². The smallest absolute Gasteiger partial charge is 0.242 e. The Morgan fingerprint density at radius 2 is 1.92 bits per heavy atom. The van der Waals surface area contributed by atoms with Gasteiger partial charge in [0.15, 0.2) is 5.82 Å². The largest absolute Gasteiger partial charge is 0.492 e. The van der Waals surface area contributed by atoms with E-state index >= 15 is 0 Å². The third-order valence-electron chi connectivity index (χ3n) is 3.58. The SMILES string of the molecule is N.Oc1c(-n2ccnn2)cnn1-c1cc(N2CCOCC2)ncn1. The van der Waals surface area contributed by atoms with Crippen LogP contribution in [0.2, 0.25) is 0 Å². The molecule has 0 saturated carbocycles. The monoisotopic (exact) mass is 331 g/mol. The first kappa shape index (κ1) is 15.8. The quantitative estimate of drug-likeness (QED) is 0.675. The van der Waals surface area contributed by atoms with Crippen molar-refractivity contribution in [3.63, 3.8) is 0 Å². The molecular formula is C13H17N9O2. The van der Waals surface area contributed by atoms with Gasteiger partial charge in [-0.3, -0.25) is 0 Å². The molecule has 126 valence electrons. The van der Waals surface area contributed by atoms with Gasteiger partial charge in [-0.2, -0.15) is 9.78 Å². The number of anilines is 1. The first-order chi connectivity index (χ1) is 11.3. The summed E-state index contributed by atoms with van der Waals surface area (Å²) in [5.74, 6) is 1.18. The van der Waals surface area contributed by atoms with Crippen molar-refractivity contribution in [2.75, 3.05) is 31.2 Å². The van der Waals surface area contributed by atoms with E-state index in [1.54, 1.807) is 12.3 Å². The zero-order chi connectivity index (χ0) is 15.6. The van der Waals surface area contributed by atoms with Crippen molar-refractivity contribution in [2.24, 2.45) is 0 Å². The molecule has 0 bridgehead atoms. The van der Waals surface area contributed by atoms with E-state index in [4.69, 9.17) is 4.74 Å². The average Bonchev–Trinajstić information content (AvgIpc) is 3.25. The molecule has 11 nitrogen and oxygen atoms in total. The molecule has 0 aliphatic carbocycles. The first-order valence-corrected chi connectivity index (χ1v) is 7.12. The standard InChI is InChI=1S/C13H14N8O2.H3N/c22-13-10(20-2-1-16-18-20)8-17-21(13)12-7-11(14-9-15-12)19-3-5-23-6-4-19;/h1-2,7-9,22H,3-6H2;1H3. The van der Waals surface area contributed by atoms with Gasteiger partial charge in [0.1, 0.15) is 17.8 Å². The van der Waals surface area contributed by atoms with Gasteiger partial charge in [0, 0.05) is 19.2 Å². The third kappa shape index (κ3) is 2.77. The Balaban J connectivity index is 0.00000169. The van der Waals surface area contributed by atoms with Gasteiger partial charge < -0.3 is 20.9 Å². The molecule has 11 heteroatoms. The van der Waals surface area contributed by atoms with E-state index in [1.165, 1.54) is 28.1 Å². The van der Waals surface area contributed by atoms with Gasteiger partial charge >= 0.3 is 0 Å². The minimum Gasteiger partial charge on any atom is -0.492 e. The van der Waals surface area contributed by atoms with E-state index in [0.717, 1.165) is 18.9 Å². The highest BCUT2D eigenvalue weighted by atomic mass is 16.5. The van der Waals surface area contributed by atoms with Gasteiger partial charge in [0.2, 0.25) is 5.88 Å².